The van der Waals surface area contributed by atoms with Gasteiger partial charge in [0, 0.05) is 59.6 Å². The van der Waals surface area contributed by atoms with Crippen molar-refractivity contribution in [1.82, 2.24) is 30.1 Å². The van der Waals surface area contributed by atoms with E-state index in [0.717, 1.165) is 119 Å². The van der Waals surface area contributed by atoms with E-state index in [1.165, 1.54) is 15.9 Å². The van der Waals surface area contributed by atoms with Crippen LogP contribution in [0.1, 0.15) is 105 Å². The third-order valence-corrected chi connectivity index (χ3v) is 13.9. The number of hydrogen-bond donors (Lipinski definition) is 4. The molecule has 5 heterocycles. The lowest BCUT2D eigenvalue weighted by Gasteiger charge is -2.29. The van der Waals surface area contributed by atoms with Gasteiger partial charge in [-0.25, -0.2) is 9.78 Å². The van der Waals surface area contributed by atoms with Crippen molar-refractivity contribution in [1.29, 1.82) is 0 Å². The predicted molar refractivity (Wildman–Crippen MR) is 243 cm³/mol. The molecule has 1 saturated heterocycles. The van der Waals surface area contributed by atoms with Crippen LogP contribution in [0.2, 0.25) is 0 Å². The van der Waals surface area contributed by atoms with E-state index in [1.807, 2.05) is 49.4 Å². The molecule has 322 valence electrons. The number of imide groups is 1. The van der Waals surface area contributed by atoms with E-state index in [1.54, 1.807) is 11.6 Å². The lowest BCUT2D eigenvalue weighted by molar-refractivity contribution is -0.135. The number of carbonyl (C=O) groups excluding carboxylic acids is 4. The van der Waals surface area contributed by atoms with Gasteiger partial charge >= 0.3 is 5.69 Å². The number of rotatable bonds is 13. The first-order chi connectivity index (χ1) is 30.1. The maximum atomic E-state index is 13.1. The van der Waals surface area contributed by atoms with Gasteiger partial charge in [-0.3, -0.25) is 33.6 Å². The fourth-order valence-electron chi connectivity index (χ4n) is 9.37. The maximum absolute atomic E-state index is 13.1. The Balaban J connectivity index is 0.697. The Labute approximate surface area is 363 Å². The van der Waals surface area contributed by atoms with Gasteiger partial charge in [0.15, 0.2) is 0 Å². The minimum absolute atomic E-state index is 0.0354. The largest absolute Gasteiger partial charge is 0.490 e. The van der Waals surface area contributed by atoms with Crippen LogP contribution in [0, 0.1) is 0 Å². The first-order valence-electron chi connectivity index (χ1n) is 22.1. The van der Waals surface area contributed by atoms with Gasteiger partial charge in [-0.2, -0.15) is 0 Å². The number of aromatic nitrogens is 3. The van der Waals surface area contributed by atoms with Crippen LogP contribution in [0.25, 0.3) is 43.3 Å². The molecule has 14 heteroatoms. The second-order valence-electron chi connectivity index (χ2n) is 17.2. The lowest BCUT2D eigenvalue weighted by atomic mass is 9.92. The summed E-state index contributed by atoms with van der Waals surface area (Å²) in [6.45, 7) is 2.67. The van der Waals surface area contributed by atoms with E-state index in [-0.39, 0.29) is 48.0 Å². The normalized spacial score (nSPS) is 20.4. The molecule has 1 unspecified atom stereocenters. The SMILES string of the molecule is C[C@@H]1CNc2c(sc3ccc4nc(-c5cccc(OC6CCC(NC(=O)CCCCCCCc7ccc8c(c7)n(C)c(=O)n8C7CCC(=O)NC7=O)CC6)c5)ccc4c23)C(=O)N1. The van der Waals surface area contributed by atoms with E-state index < -0.39 is 11.9 Å². The molecule has 2 fully saturated rings. The van der Waals surface area contributed by atoms with Crippen molar-refractivity contribution < 1.29 is 23.9 Å². The number of piperidine rings is 1. The number of unbranched alkanes of at least 4 members (excludes halogenated alkanes) is 4. The minimum atomic E-state index is -0.684. The van der Waals surface area contributed by atoms with Crippen LogP contribution in [0.5, 0.6) is 5.75 Å². The molecule has 6 aromatic rings. The molecule has 4 amide bonds. The highest BCUT2D eigenvalue weighted by atomic mass is 32.1. The third kappa shape index (κ3) is 8.57. The summed E-state index contributed by atoms with van der Waals surface area (Å²) in [5.41, 5.74) is 5.98. The monoisotopic (exact) mass is 855 g/mol. The highest BCUT2D eigenvalue weighted by molar-refractivity contribution is 7.21. The molecule has 0 radical (unpaired) electrons. The van der Waals surface area contributed by atoms with Crippen molar-refractivity contribution in [2.45, 2.75) is 115 Å². The van der Waals surface area contributed by atoms with E-state index in [0.29, 0.717) is 29.8 Å². The summed E-state index contributed by atoms with van der Waals surface area (Å²) >= 11 is 1.51. The van der Waals surface area contributed by atoms with E-state index in [9.17, 15) is 24.0 Å². The first-order valence-corrected chi connectivity index (χ1v) is 22.9. The Bertz CT molecular complexity index is 2760. The Kier molecular flexibility index (Phi) is 11.8. The number of hydrogen-bond acceptors (Lipinski definition) is 9. The zero-order valence-electron chi connectivity index (χ0n) is 35.3. The Morgan fingerprint density at radius 2 is 1.73 bits per heavy atom. The lowest BCUT2D eigenvalue weighted by Crippen LogP contribution is -2.44. The third-order valence-electron chi connectivity index (χ3n) is 12.7. The molecular formula is C48H53N7O6S. The fourth-order valence-corrected chi connectivity index (χ4v) is 10.5. The van der Waals surface area contributed by atoms with Crippen molar-refractivity contribution in [2.24, 2.45) is 7.05 Å². The summed E-state index contributed by atoms with van der Waals surface area (Å²) in [5, 5.41) is 14.3. The number of imidazole rings is 1. The van der Waals surface area contributed by atoms with Crippen molar-refractivity contribution in [3.8, 4) is 17.0 Å². The second-order valence-corrected chi connectivity index (χ2v) is 18.3. The van der Waals surface area contributed by atoms with E-state index in [2.05, 4.69) is 45.5 Å². The number of thiophene rings is 1. The molecule has 3 aromatic heterocycles. The molecule has 62 heavy (non-hydrogen) atoms. The molecule has 4 N–H and O–H groups in total. The number of ether oxygens (including phenoxy) is 1. The Hall–Kier alpha value is -6.02. The number of fused-ring (bicyclic) bond motifs is 6. The quantitative estimate of drug-likeness (QED) is 0.0679. The van der Waals surface area contributed by atoms with Gasteiger partial charge < -0.3 is 20.7 Å². The number of benzene rings is 3. The van der Waals surface area contributed by atoms with Gasteiger partial charge in [-0.15, -0.1) is 11.3 Å². The summed E-state index contributed by atoms with van der Waals surface area (Å²) in [4.78, 5) is 68.6. The van der Waals surface area contributed by atoms with Gasteiger partial charge in [0.05, 0.1) is 34.0 Å². The van der Waals surface area contributed by atoms with E-state index in [4.69, 9.17) is 9.72 Å². The maximum Gasteiger partial charge on any atom is 0.329 e. The molecule has 9 rings (SSSR count). The van der Waals surface area contributed by atoms with Crippen LogP contribution in [0.15, 0.2) is 71.5 Å². The smallest absolute Gasteiger partial charge is 0.329 e. The summed E-state index contributed by atoms with van der Waals surface area (Å²) in [7, 11) is 1.72. The van der Waals surface area contributed by atoms with Crippen LogP contribution in [-0.4, -0.2) is 62.5 Å². The van der Waals surface area contributed by atoms with Crippen molar-refractivity contribution >= 4 is 72.7 Å². The molecule has 13 nitrogen and oxygen atoms in total. The van der Waals surface area contributed by atoms with Gasteiger partial charge in [0.25, 0.3) is 5.91 Å². The number of amides is 4. The van der Waals surface area contributed by atoms with Crippen LogP contribution in [0.4, 0.5) is 5.69 Å². The molecule has 1 saturated carbocycles. The second kappa shape index (κ2) is 17.8. The average molecular weight is 856 g/mol. The molecular weight excluding hydrogens is 803 g/mol. The molecule has 0 spiro atoms. The Morgan fingerprint density at radius 3 is 2.56 bits per heavy atom. The van der Waals surface area contributed by atoms with Crippen LogP contribution < -0.4 is 31.7 Å². The molecule has 2 aliphatic heterocycles. The van der Waals surface area contributed by atoms with Crippen molar-refractivity contribution in [3.63, 3.8) is 0 Å². The highest BCUT2D eigenvalue weighted by Gasteiger charge is 2.31. The molecule has 0 bridgehead atoms. The minimum Gasteiger partial charge on any atom is -0.490 e. The summed E-state index contributed by atoms with van der Waals surface area (Å²) < 4.78 is 10.6. The fraction of sp³-hybridized carbons (Fsp3) is 0.417. The number of nitrogens with zero attached hydrogens (tertiary/aromatic N) is 3. The van der Waals surface area contributed by atoms with Crippen LogP contribution in [-0.2, 0) is 27.9 Å². The molecule has 3 aliphatic rings. The number of carbonyl (C=O) groups is 4. The zero-order valence-corrected chi connectivity index (χ0v) is 36.1. The number of aryl methyl sites for hydroxylation is 2. The predicted octanol–water partition coefficient (Wildman–Crippen LogP) is 7.68. The Morgan fingerprint density at radius 1 is 0.903 bits per heavy atom. The van der Waals surface area contributed by atoms with E-state index >= 15 is 0 Å². The van der Waals surface area contributed by atoms with Gasteiger partial charge in [-0.1, -0.05) is 37.5 Å². The molecule has 2 atom stereocenters. The van der Waals surface area contributed by atoms with Crippen LogP contribution >= 0.6 is 11.3 Å². The summed E-state index contributed by atoms with van der Waals surface area (Å²) in [5.74, 6) is 0.175. The van der Waals surface area contributed by atoms with Crippen LogP contribution in [0.3, 0.4) is 0 Å². The van der Waals surface area contributed by atoms with Crippen molar-refractivity contribution in [3.05, 3.63) is 87.7 Å². The average Bonchev–Trinajstić information content (AvgIpc) is 3.72. The standard InChI is InChI=1S/C48H53N7O6S/c1-28-27-49-44-43-34-18-19-35(52-36(34)20-23-40(43)62-45(44)47(59)50-28)30-10-8-11-33(26-30)61-32-16-14-31(15-17-32)51-41(56)12-7-5-3-4-6-9-29-13-21-37-39(25-29)54(2)48(60)55(37)38-22-24-42(57)53-46(38)58/h8,10-11,13,18-21,23,25-26,28,31-32,38,49H,3-7,9,12,14-17,22,24,27H2,1-2H3,(H,50,59)(H,51,56)(H,53,57,58)/t28-,31?,32?,38?/m1/s1. The number of anilines is 1. The van der Waals surface area contributed by atoms with Crippen molar-refractivity contribution in [2.75, 3.05) is 11.9 Å². The first kappa shape index (κ1) is 41.3. The van der Waals surface area contributed by atoms with Gasteiger partial charge in [-0.05, 0) is 112 Å². The number of pyridine rings is 1. The summed E-state index contributed by atoms with van der Waals surface area (Å²) in [6.07, 6.45) is 10.6. The topological polar surface area (TPSA) is 165 Å². The van der Waals surface area contributed by atoms with Gasteiger partial charge in [0.1, 0.15) is 16.7 Å². The number of nitrogens with one attached hydrogen (secondary N) is 4. The highest BCUT2D eigenvalue weighted by Crippen LogP contribution is 2.41. The zero-order chi connectivity index (χ0) is 42.9. The summed E-state index contributed by atoms with van der Waals surface area (Å²) in [6, 6.07) is 21.8. The molecule has 1 aliphatic carbocycles. The molecule has 3 aromatic carbocycles. The van der Waals surface area contributed by atoms with Gasteiger partial charge in [0.2, 0.25) is 17.7 Å².